The fraction of sp³-hybridized carbons (Fsp3) is 0. The molecule has 3 aromatic heterocycles. The average molecular weight is 618 g/mol. The highest BCUT2D eigenvalue weighted by Gasteiger charge is 2.30. The molecule has 0 unspecified atom stereocenters. The van der Waals surface area contributed by atoms with Gasteiger partial charge in [0, 0.05) is 42.1 Å². The predicted octanol–water partition coefficient (Wildman–Crippen LogP) is 12.2. The lowest BCUT2D eigenvalue weighted by Gasteiger charge is -2.32. The van der Waals surface area contributed by atoms with Gasteiger partial charge in [0.2, 0.25) is 5.95 Å². The zero-order valence-corrected chi connectivity index (χ0v) is 25.8. The van der Waals surface area contributed by atoms with Crippen LogP contribution in [0.4, 0.5) is 17.3 Å². The van der Waals surface area contributed by atoms with Gasteiger partial charge in [0.1, 0.15) is 16.8 Å². The molecule has 0 atom stereocenters. The fourth-order valence-electron chi connectivity index (χ4n) is 7.45. The highest BCUT2D eigenvalue weighted by atomic mass is 32.1. The number of fused-ring (bicyclic) bond motifs is 9. The van der Waals surface area contributed by atoms with Gasteiger partial charge in [0.15, 0.2) is 5.58 Å². The zero-order valence-electron chi connectivity index (χ0n) is 24.9. The minimum Gasteiger partial charge on any atom is -0.452 e. The summed E-state index contributed by atoms with van der Waals surface area (Å²) >= 11 is 1.82. The van der Waals surface area contributed by atoms with Gasteiger partial charge in [0.25, 0.3) is 0 Å². The molecule has 0 amide bonds. The predicted molar refractivity (Wildman–Crippen MR) is 196 cm³/mol. The normalized spacial score (nSPS) is 12.6. The molecule has 4 heterocycles. The molecule has 11 rings (SSSR count). The number of para-hydroxylation sites is 1. The maximum atomic E-state index is 6.56. The number of aromatic nitrogens is 2. The van der Waals surface area contributed by atoms with E-state index in [-0.39, 0.29) is 0 Å². The molecule has 0 spiro atoms. The Kier molecular flexibility index (Phi) is 4.96. The maximum absolute atomic E-state index is 6.56. The van der Waals surface area contributed by atoms with Crippen molar-refractivity contribution in [2.24, 2.45) is 0 Å². The van der Waals surface area contributed by atoms with Crippen molar-refractivity contribution in [3.63, 3.8) is 0 Å². The van der Waals surface area contributed by atoms with E-state index >= 15 is 0 Å². The molecule has 0 fully saturated rings. The van der Waals surface area contributed by atoms with Crippen molar-refractivity contribution in [3.8, 4) is 22.4 Å². The summed E-state index contributed by atoms with van der Waals surface area (Å²) in [5.41, 5.74) is 8.61. The van der Waals surface area contributed by atoms with E-state index in [0.29, 0.717) is 11.5 Å². The summed E-state index contributed by atoms with van der Waals surface area (Å²) in [5.74, 6) is 0.618. The zero-order chi connectivity index (χ0) is 30.6. The van der Waals surface area contributed by atoms with Crippen LogP contribution in [0.15, 0.2) is 144 Å². The Morgan fingerprint density at radius 1 is 0.532 bits per heavy atom. The van der Waals surface area contributed by atoms with Crippen molar-refractivity contribution in [2.45, 2.75) is 0 Å². The maximum Gasteiger partial charge on any atom is 0.236 e. The van der Waals surface area contributed by atoms with Gasteiger partial charge in [-0.2, -0.15) is 0 Å². The van der Waals surface area contributed by atoms with E-state index in [4.69, 9.17) is 14.4 Å². The van der Waals surface area contributed by atoms with E-state index in [2.05, 4.69) is 126 Å². The van der Waals surface area contributed by atoms with E-state index in [1.807, 2.05) is 29.5 Å². The van der Waals surface area contributed by atoms with Crippen LogP contribution in [0.2, 0.25) is 0 Å². The van der Waals surface area contributed by atoms with Gasteiger partial charge in [-0.05, 0) is 70.3 Å². The molecule has 0 N–H and O–H groups in total. The third-order valence-electron chi connectivity index (χ3n) is 9.58. The molecular formula is C42H23N3OS. The van der Waals surface area contributed by atoms with Crippen LogP contribution in [-0.2, 0) is 0 Å². The minimum absolute atomic E-state index is 0.618. The Balaban J connectivity index is 1.26. The van der Waals surface area contributed by atoms with Gasteiger partial charge in [-0.3, -0.25) is 4.90 Å². The summed E-state index contributed by atoms with van der Waals surface area (Å²) in [6, 6.07) is 49.6. The highest BCUT2D eigenvalue weighted by molar-refractivity contribution is 7.25. The highest BCUT2D eigenvalue weighted by Crippen LogP contribution is 2.52. The lowest BCUT2D eigenvalue weighted by molar-refractivity contribution is 0.667. The number of benzene rings is 7. The van der Waals surface area contributed by atoms with Gasteiger partial charge in [-0.25, -0.2) is 9.97 Å². The molecule has 0 bridgehead atoms. The molecule has 1 aliphatic heterocycles. The lowest BCUT2D eigenvalue weighted by atomic mass is 9.89. The second-order valence-corrected chi connectivity index (χ2v) is 13.3. The van der Waals surface area contributed by atoms with Crippen LogP contribution in [0, 0.1) is 0 Å². The first-order chi connectivity index (χ1) is 23.3. The molecule has 4 nitrogen and oxygen atoms in total. The number of nitrogens with zero attached hydrogens (tertiary/aromatic N) is 3. The van der Waals surface area contributed by atoms with Crippen LogP contribution in [0.3, 0.4) is 0 Å². The molecule has 0 aliphatic carbocycles. The van der Waals surface area contributed by atoms with Crippen molar-refractivity contribution in [2.75, 3.05) is 4.90 Å². The molecule has 0 saturated carbocycles. The van der Waals surface area contributed by atoms with Gasteiger partial charge in [0.05, 0.1) is 11.4 Å². The van der Waals surface area contributed by atoms with Crippen LogP contribution < -0.4 is 4.90 Å². The first-order valence-corrected chi connectivity index (χ1v) is 16.6. The molecule has 1 aliphatic rings. The van der Waals surface area contributed by atoms with E-state index < -0.39 is 0 Å². The third-order valence-corrected chi connectivity index (χ3v) is 10.7. The van der Waals surface area contributed by atoms with Gasteiger partial charge in [-0.1, -0.05) is 91.0 Å². The van der Waals surface area contributed by atoms with Crippen molar-refractivity contribution in [3.05, 3.63) is 140 Å². The van der Waals surface area contributed by atoms with Crippen LogP contribution in [-0.4, -0.2) is 9.97 Å². The third kappa shape index (κ3) is 3.52. The SMILES string of the molecule is c1ccc2cc3c(cc2c1)-c1cccc2cccc(c12)N3c1nc(-c2ccc3sc4ccccc4c3c2)c2oc3ccccc3c2n1. The second-order valence-electron chi connectivity index (χ2n) is 12.2. The lowest BCUT2D eigenvalue weighted by Crippen LogP contribution is -2.18. The average Bonchev–Trinajstić information content (AvgIpc) is 3.69. The Bertz CT molecular complexity index is 2930. The number of hydrogen-bond acceptors (Lipinski definition) is 5. The number of rotatable bonds is 2. The number of thiophene rings is 1. The monoisotopic (exact) mass is 617 g/mol. The molecule has 0 radical (unpaired) electrons. The summed E-state index contributed by atoms with van der Waals surface area (Å²) in [6.07, 6.45) is 0. The Hall–Kier alpha value is -6.04. The van der Waals surface area contributed by atoms with Crippen LogP contribution in [0.5, 0.6) is 0 Å². The first kappa shape index (κ1) is 25.2. The first-order valence-electron chi connectivity index (χ1n) is 15.7. The minimum atomic E-state index is 0.618. The van der Waals surface area contributed by atoms with Crippen LogP contribution in [0.25, 0.3) is 86.2 Å². The largest absolute Gasteiger partial charge is 0.452 e. The topological polar surface area (TPSA) is 42.2 Å². The Morgan fingerprint density at radius 3 is 2.19 bits per heavy atom. The smallest absolute Gasteiger partial charge is 0.236 e. The molecular weight excluding hydrogens is 595 g/mol. The van der Waals surface area contributed by atoms with Crippen LogP contribution >= 0.6 is 11.3 Å². The summed E-state index contributed by atoms with van der Waals surface area (Å²) in [5, 5.41) is 8.22. The van der Waals surface area contributed by atoms with Gasteiger partial charge in [-0.15, -0.1) is 11.3 Å². The molecule has 0 saturated heterocycles. The van der Waals surface area contributed by atoms with Gasteiger partial charge >= 0.3 is 0 Å². The number of furan rings is 1. The van der Waals surface area contributed by atoms with Gasteiger partial charge < -0.3 is 4.42 Å². The molecule has 7 aromatic carbocycles. The van der Waals surface area contributed by atoms with E-state index in [1.54, 1.807) is 0 Å². The van der Waals surface area contributed by atoms with Crippen molar-refractivity contribution < 1.29 is 4.42 Å². The second kappa shape index (κ2) is 9.25. The van der Waals surface area contributed by atoms with E-state index in [1.165, 1.54) is 52.8 Å². The molecule has 47 heavy (non-hydrogen) atoms. The summed E-state index contributed by atoms with van der Waals surface area (Å²) in [6.45, 7) is 0. The summed E-state index contributed by atoms with van der Waals surface area (Å²) < 4.78 is 9.09. The number of anilines is 3. The Labute approximate surface area is 272 Å². The quantitative estimate of drug-likeness (QED) is 0.194. The van der Waals surface area contributed by atoms with Crippen molar-refractivity contribution in [1.29, 1.82) is 0 Å². The molecule has 218 valence electrons. The van der Waals surface area contributed by atoms with E-state index in [0.717, 1.165) is 39.1 Å². The van der Waals surface area contributed by atoms with E-state index in [9.17, 15) is 0 Å². The van der Waals surface area contributed by atoms with Crippen molar-refractivity contribution in [1.82, 2.24) is 9.97 Å². The van der Waals surface area contributed by atoms with Crippen molar-refractivity contribution >= 4 is 92.4 Å². The standard InChI is InChI=1S/C42H23N3OS/c1-2-10-26-23-34-31(21-25(26)9-1)29-15-7-11-24-12-8-16-33(38(24)29)45(34)42-43-39(41-40(44-42)30-14-3-5-17-35(30)46-41)27-19-20-37-32(22-27)28-13-4-6-18-36(28)47-37/h1-23H. The molecule has 10 aromatic rings. The summed E-state index contributed by atoms with van der Waals surface area (Å²) in [4.78, 5) is 13.0. The summed E-state index contributed by atoms with van der Waals surface area (Å²) in [7, 11) is 0. The number of hydrogen-bond donors (Lipinski definition) is 0. The molecule has 5 heteroatoms. The fourth-order valence-corrected chi connectivity index (χ4v) is 8.54. The Morgan fingerprint density at radius 2 is 1.28 bits per heavy atom. The van der Waals surface area contributed by atoms with Crippen LogP contribution in [0.1, 0.15) is 0 Å².